The number of halogens is 1. The average Bonchev–Trinajstić information content (AvgIpc) is 2.75. The van der Waals surface area contributed by atoms with E-state index in [1.165, 1.54) is 12.1 Å². The fourth-order valence-electron chi connectivity index (χ4n) is 1.32. The molecule has 0 saturated heterocycles. The number of carboxylic acid groups (broad SMARTS) is 1. The molecule has 0 atom stereocenters. The molecule has 0 aliphatic heterocycles. The molecule has 1 aromatic heterocycles. The van der Waals surface area contributed by atoms with Gasteiger partial charge in [-0.2, -0.15) is 4.98 Å². The monoisotopic (exact) mass is 258 g/mol. The Balaban J connectivity index is 0.00000162. The number of aromatic nitrogens is 2. The molecular formula is C11H8FN2NaO3. The van der Waals surface area contributed by atoms with Crippen LogP contribution in [0.2, 0.25) is 0 Å². The van der Waals surface area contributed by atoms with Crippen molar-refractivity contribution in [1.29, 1.82) is 0 Å². The SMILES string of the molecule is O=C([O-])CCc1nc(-c2ccccc2F)no1.[Na+]. The van der Waals surface area contributed by atoms with Gasteiger partial charge in [0, 0.05) is 12.4 Å². The van der Waals surface area contributed by atoms with Gasteiger partial charge in [-0.25, -0.2) is 4.39 Å². The van der Waals surface area contributed by atoms with Crippen molar-refractivity contribution in [2.45, 2.75) is 12.8 Å². The number of rotatable bonds is 4. The van der Waals surface area contributed by atoms with Crippen LogP contribution < -0.4 is 34.7 Å². The maximum Gasteiger partial charge on any atom is 1.00 e. The molecule has 0 spiro atoms. The summed E-state index contributed by atoms with van der Waals surface area (Å²) in [5, 5.41) is 13.8. The van der Waals surface area contributed by atoms with Crippen LogP contribution in [0.25, 0.3) is 11.4 Å². The Bertz CT molecular complexity index is 545. The molecule has 0 bridgehead atoms. The topological polar surface area (TPSA) is 79.0 Å². The van der Waals surface area contributed by atoms with Gasteiger partial charge in [-0.1, -0.05) is 17.3 Å². The first-order chi connectivity index (χ1) is 8.16. The molecule has 88 valence electrons. The molecule has 0 amide bonds. The summed E-state index contributed by atoms with van der Waals surface area (Å²) in [7, 11) is 0. The number of carbonyl (C=O) groups is 1. The van der Waals surface area contributed by atoms with E-state index in [1.54, 1.807) is 12.1 Å². The van der Waals surface area contributed by atoms with Crippen LogP contribution in [0, 0.1) is 5.82 Å². The largest absolute Gasteiger partial charge is 1.00 e. The Morgan fingerprint density at radius 3 is 2.78 bits per heavy atom. The number of aryl methyl sites for hydroxylation is 1. The molecule has 1 aromatic carbocycles. The summed E-state index contributed by atoms with van der Waals surface area (Å²) in [6, 6.07) is 6.00. The standard InChI is InChI=1S/C11H9FN2O3.Na/c12-8-4-2-1-3-7(8)11-13-9(17-14-11)5-6-10(15)16;/h1-4H,5-6H2,(H,15,16);/q;+1/p-1. The third kappa shape index (κ3) is 3.63. The molecular weight excluding hydrogens is 250 g/mol. The van der Waals surface area contributed by atoms with E-state index in [1.807, 2.05) is 0 Å². The molecule has 0 fully saturated rings. The van der Waals surface area contributed by atoms with Crippen molar-refractivity contribution in [3.8, 4) is 11.4 Å². The molecule has 5 nitrogen and oxygen atoms in total. The Morgan fingerprint density at radius 1 is 1.39 bits per heavy atom. The van der Waals surface area contributed by atoms with Gasteiger partial charge < -0.3 is 14.4 Å². The molecule has 0 N–H and O–H groups in total. The van der Waals surface area contributed by atoms with Gasteiger partial charge in [-0.15, -0.1) is 0 Å². The number of nitrogens with zero attached hydrogens (tertiary/aromatic N) is 2. The first-order valence-electron chi connectivity index (χ1n) is 4.94. The van der Waals surface area contributed by atoms with Crippen molar-refractivity contribution in [1.82, 2.24) is 10.1 Å². The van der Waals surface area contributed by atoms with E-state index >= 15 is 0 Å². The van der Waals surface area contributed by atoms with Gasteiger partial charge in [0.05, 0.1) is 5.56 Å². The van der Waals surface area contributed by atoms with Crippen molar-refractivity contribution in [3.05, 3.63) is 36.0 Å². The van der Waals surface area contributed by atoms with Gasteiger partial charge in [0.2, 0.25) is 11.7 Å². The number of hydrogen-bond donors (Lipinski definition) is 0. The molecule has 1 heterocycles. The van der Waals surface area contributed by atoms with E-state index in [0.29, 0.717) is 0 Å². The summed E-state index contributed by atoms with van der Waals surface area (Å²) in [6.07, 6.45) is -0.136. The van der Waals surface area contributed by atoms with Crippen LogP contribution in [0.4, 0.5) is 4.39 Å². The zero-order valence-corrected chi connectivity index (χ0v) is 11.7. The van der Waals surface area contributed by atoms with Crippen molar-refractivity contribution in [2.75, 3.05) is 0 Å². The number of aliphatic carboxylic acids is 1. The first-order valence-corrected chi connectivity index (χ1v) is 4.94. The molecule has 7 heteroatoms. The minimum absolute atomic E-state index is 0. The second-order valence-electron chi connectivity index (χ2n) is 3.36. The predicted molar refractivity (Wildman–Crippen MR) is 53.0 cm³/mol. The van der Waals surface area contributed by atoms with E-state index in [9.17, 15) is 14.3 Å². The fourth-order valence-corrected chi connectivity index (χ4v) is 1.32. The molecule has 2 aromatic rings. The summed E-state index contributed by atoms with van der Waals surface area (Å²) in [5.41, 5.74) is 0.218. The Labute approximate surface area is 124 Å². The number of carboxylic acids is 1. The molecule has 0 saturated carbocycles. The van der Waals surface area contributed by atoms with E-state index in [-0.39, 0.29) is 59.7 Å². The van der Waals surface area contributed by atoms with Gasteiger partial charge in [0.1, 0.15) is 5.82 Å². The van der Waals surface area contributed by atoms with E-state index in [4.69, 9.17) is 4.52 Å². The zero-order chi connectivity index (χ0) is 12.3. The van der Waals surface area contributed by atoms with Gasteiger partial charge in [0.25, 0.3) is 0 Å². The summed E-state index contributed by atoms with van der Waals surface area (Å²) in [6.45, 7) is 0. The smallest absolute Gasteiger partial charge is 0.550 e. The Hall–Kier alpha value is -1.24. The molecule has 0 aliphatic rings. The molecule has 2 rings (SSSR count). The number of hydrogen-bond acceptors (Lipinski definition) is 5. The predicted octanol–water partition coefficient (Wildman–Crippen LogP) is -2.44. The summed E-state index contributed by atoms with van der Waals surface area (Å²) in [4.78, 5) is 14.1. The van der Waals surface area contributed by atoms with Crippen LogP contribution in [0.3, 0.4) is 0 Å². The maximum absolute atomic E-state index is 13.4. The Kier molecular flexibility index (Phi) is 5.46. The average molecular weight is 258 g/mol. The minimum Gasteiger partial charge on any atom is -0.550 e. The first kappa shape index (κ1) is 14.8. The number of carbonyl (C=O) groups excluding carboxylic acids is 1. The van der Waals surface area contributed by atoms with Gasteiger partial charge in [0.15, 0.2) is 0 Å². The van der Waals surface area contributed by atoms with E-state index in [2.05, 4.69) is 10.1 Å². The van der Waals surface area contributed by atoms with Crippen LogP contribution in [-0.2, 0) is 11.2 Å². The second kappa shape index (κ2) is 6.63. The van der Waals surface area contributed by atoms with Crippen molar-refractivity contribution < 1.29 is 48.4 Å². The Morgan fingerprint density at radius 2 is 2.11 bits per heavy atom. The van der Waals surface area contributed by atoms with Crippen LogP contribution in [0.5, 0.6) is 0 Å². The zero-order valence-electron chi connectivity index (χ0n) is 9.72. The summed E-state index contributed by atoms with van der Waals surface area (Å²) in [5.74, 6) is -1.40. The van der Waals surface area contributed by atoms with Gasteiger partial charge in [-0.05, 0) is 18.6 Å². The van der Waals surface area contributed by atoms with E-state index in [0.717, 1.165) is 0 Å². The quantitative estimate of drug-likeness (QED) is 0.569. The van der Waals surface area contributed by atoms with E-state index < -0.39 is 11.8 Å². The fraction of sp³-hybridized carbons (Fsp3) is 0.182. The minimum atomic E-state index is -1.20. The maximum atomic E-state index is 13.4. The van der Waals surface area contributed by atoms with Crippen LogP contribution in [0.1, 0.15) is 12.3 Å². The molecule has 18 heavy (non-hydrogen) atoms. The molecule has 0 aliphatic carbocycles. The van der Waals surface area contributed by atoms with Gasteiger partial charge in [-0.3, -0.25) is 0 Å². The van der Waals surface area contributed by atoms with Crippen LogP contribution in [0.15, 0.2) is 28.8 Å². The van der Waals surface area contributed by atoms with Crippen LogP contribution >= 0.6 is 0 Å². The molecule has 0 unspecified atom stereocenters. The third-order valence-electron chi connectivity index (χ3n) is 2.13. The third-order valence-corrected chi connectivity index (χ3v) is 2.13. The second-order valence-corrected chi connectivity index (χ2v) is 3.36. The van der Waals surface area contributed by atoms with Crippen LogP contribution in [-0.4, -0.2) is 16.1 Å². The van der Waals surface area contributed by atoms with Crippen molar-refractivity contribution in [2.24, 2.45) is 0 Å². The van der Waals surface area contributed by atoms with Crippen molar-refractivity contribution >= 4 is 5.97 Å². The normalized spacial score (nSPS) is 9.83. The summed E-state index contributed by atoms with van der Waals surface area (Å²) < 4.78 is 18.2. The molecule has 0 radical (unpaired) electrons. The summed E-state index contributed by atoms with van der Waals surface area (Å²) >= 11 is 0. The number of benzene rings is 1. The van der Waals surface area contributed by atoms with Crippen molar-refractivity contribution in [3.63, 3.8) is 0 Å². The van der Waals surface area contributed by atoms with Gasteiger partial charge >= 0.3 is 29.6 Å².